The summed E-state index contributed by atoms with van der Waals surface area (Å²) < 4.78 is 25.5. The number of nitrogens with one attached hydrogen (secondary N) is 1. The van der Waals surface area contributed by atoms with Crippen LogP contribution in [-0.2, 0) is 33.2 Å². The zero-order valence-electron chi connectivity index (χ0n) is 11.7. The summed E-state index contributed by atoms with van der Waals surface area (Å²) in [6.45, 7) is 4.71. The van der Waals surface area contributed by atoms with Crippen molar-refractivity contribution in [2.45, 2.75) is 32.2 Å². The summed E-state index contributed by atoms with van der Waals surface area (Å²) in [6, 6.07) is 0. The number of hydrogen-bond acceptors (Lipinski definition) is 8. The van der Waals surface area contributed by atoms with Gasteiger partial charge in [0.15, 0.2) is 0 Å². The van der Waals surface area contributed by atoms with E-state index >= 15 is 0 Å². The normalized spacial score (nSPS) is 13.7. The van der Waals surface area contributed by atoms with Crippen LogP contribution in [0.25, 0.3) is 0 Å². The second-order valence-electron chi connectivity index (χ2n) is 4.41. The van der Waals surface area contributed by atoms with Gasteiger partial charge in [-0.25, -0.2) is 19.4 Å². The van der Waals surface area contributed by atoms with Crippen LogP contribution in [0.2, 0.25) is 0 Å². The van der Waals surface area contributed by atoms with Crippen molar-refractivity contribution in [1.29, 1.82) is 0 Å². The molecule has 0 saturated carbocycles. The van der Waals surface area contributed by atoms with E-state index < -0.39 is 31.0 Å². The summed E-state index contributed by atoms with van der Waals surface area (Å²) in [4.78, 5) is 30.9. The van der Waals surface area contributed by atoms with Gasteiger partial charge in [-0.05, 0) is 20.8 Å². The van der Waals surface area contributed by atoms with Crippen molar-refractivity contribution >= 4 is 19.7 Å². The fraction of sp³-hybridized carbons (Fsp3) is 0.778. The first-order chi connectivity index (χ1) is 9.05. The van der Waals surface area contributed by atoms with Gasteiger partial charge >= 0.3 is 19.7 Å². The molecule has 0 aromatic carbocycles. The first kappa shape index (κ1) is 18.8. The van der Waals surface area contributed by atoms with E-state index in [1.807, 2.05) is 5.32 Å². The first-order valence-corrected chi connectivity index (χ1v) is 6.94. The third kappa shape index (κ3) is 6.31. The van der Waals surface area contributed by atoms with Gasteiger partial charge in [-0.2, -0.15) is 0 Å². The minimum atomic E-state index is -4.46. The highest BCUT2D eigenvalue weighted by atomic mass is 31.2. The monoisotopic (exact) mass is 315 g/mol. The fourth-order valence-electron chi connectivity index (χ4n) is 1.00. The van der Waals surface area contributed by atoms with Crippen LogP contribution in [0.4, 0.5) is 4.79 Å². The first-order valence-electron chi connectivity index (χ1n) is 5.32. The standard InChI is InChI=1S/C9H18NO9P/c1-9(2,3)17-8(13)10-6(7(11)12)20(14,18-15-4)19-16-5/h6H,1-5H3,(H,10,13)(H,11,12). The van der Waals surface area contributed by atoms with Crippen molar-refractivity contribution in [2.75, 3.05) is 14.2 Å². The lowest BCUT2D eigenvalue weighted by atomic mass is 10.2. The second-order valence-corrected chi connectivity index (χ2v) is 6.30. The Bertz CT molecular complexity index is 381. The Labute approximate surface area is 115 Å². The molecule has 1 atom stereocenters. The SMILES string of the molecule is COOP(=O)(OOC)C(NC(=O)OC(C)(C)C)C(=O)O. The van der Waals surface area contributed by atoms with E-state index in [9.17, 15) is 14.2 Å². The number of carbonyl (C=O) groups is 2. The van der Waals surface area contributed by atoms with Crippen molar-refractivity contribution in [3.63, 3.8) is 0 Å². The summed E-state index contributed by atoms with van der Waals surface area (Å²) >= 11 is 0. The number of aliphatic carboxylic acids is 1. The maximum atomic E-state index is 12.1. The minimum Gasteiger partial charge on any atom is -0.479 e. The molecular weight excluding hydrogens is 297 g/mol. The van der Waals surface area contributed by atoms with E-state index in [-0.39, 0.29) is 0 Å². The second kappa shape index (κ2) is 7.55. The van der Waals surface area contributed by atoms with Gasteiger partial charge in [0.25, 0.3) is 0 Å². The molecule has 2 N–H and O–H groups in total. The quantitative estimate of drug-likeness (QED) is 0.405. The van der Waals surface area contributed by atoms with Crippen LogP contribution >= 0.6 is 7.60 Å². The van der Waals surface area contributed by atoms with E-state index in [0.29, 0.717) is 0 Å². The molecule has 20 heavy (non-hydrogen) atoms. The molecule has 0 bridgehead atoms. The Morgan fingerprint density at radius 3 is 1.90 bits per heavy atom. The lowest BCUT2D eigenvalue weighted by Gasteiger charge is -2.24. The number of hydrogen-bond donors (Lipinski definition) is 2. The number of alkyl carbamates (subject to hydrolysis) is 1. The fourth-order valence-corrected chi connectivity index (χ4v) is 2.15. The van der Waals surface area contributed by atoms with Crippen molar-refractivity contribution in [1.82, 2.24) is 5.32 Å². The van der Waals surface area contributed by atoms with Crippen LogP contribution in [0.1, 0.15) is 20.8 Å². The third-order valence-corrected chi connectivity index (χ3v) is 3.26. The van der Waals surface area contributed by atoms with E-state index in [0.717, 1.165) is 14.2 Å². The molecule has 11 heteroatoms. The molecule has 0 spiro atoms. The van der Waals surface area contributed by atoms with E-state index in [1.165, 1.54) is 0 Å². The zero-order chi connectivity index (χ0) is 16.0. The smallest absolute Gasteiger partial charge is 0.417 e. The molecule has 0 aliphatic rings. The van der Waals surface area contributed by atoms with Crippen LogP contribution in [0.5, 0.6) is 0 Å². The molecule has 10 nitrogen and oxygen atoms in total. The third-order valence-electron chi connectivity index (χ3n) is 1.56. The average molecular weight is 315 g/mol. The Kier molecular flexibility index (Phi) is 7.11. The van der Waals surface area contributed by atoms with E-state index in [4.69, 9.17) is 9.84 Å². The molecule has 0 aliphatic carbocycles. The maximum Gasteiger partial charge on any atom is 0.417 e. The van der Waals surface area contributed by atoms with Gasteiger partial charge < -0.3 is 9.84 Å². The lowest BCUT2D eigenvalue weighted by molar-refractivity contribution is -0.244. The maximum absolute atomic E-state index is 12.1. The number of rotatable bonds is 7. The number of carboxylic acid groups (broad SMARTS) is 1. The number of amides is 1. The molecule has 1 unspecified atom stereocenters. The summed E-state index contributed by atoms with van der Waals surface area (Å²) in [7, 11) is -2.49. The van der Waals surface area contributed by atoms with Crippen LogP contribution < -0.4 is 5.32 Å². The molecule has 0 aromatic rings. The molecule has 118 valence electrons. The van der Waals surface area contributed by atoms with Crippen LogP contribution in [-0.4, -0.2) is 42.8 Å². The average Bonchev–Trinajstić information content (AvgIpc) is 2.23. The lowest BCUT2D eigenvalue weighted by Crippen LogP contribution is -2.44. The summed E-state index contributed by atoms with van der Waals surface area (Å²) in [5, 5.41) is 10.8. The van der Waals surface area contributed by atoms with Gasteiger partial charge in [0.1, 0.15) is 5.60 Å². The largest absolute Gasteiger partial charge is 0.479 e. The molecule has 0 heterocycles. The van der Waals surface area contributed by atoms with Gasteiger partial charge in [0.2, 0.25) is 5.78 Å². The van der Waals surface area contributed by atoms with Crippen molar-refractivity contribution in [3.8, 4) is 0 Å². The van der Waals surface area contributed by atoms with Crippen molar-refractivity contribution in [3.05, 3.63) is 0 Å². The minimum absolute atomic E-state index is 0.874. The molecule has 0 fully saturated rings. The topological polar surface area (TPSA) is 130 Å². The van der Waals surface area contributed by atoms with Crippen LogP contribution in [0.3, 0.4) is 0 Å². The highest BCUT2D eigenvalue weighted by molar-refractivity contribution is 7.55. The van der Waals surface area contributed by atoms with E-state index in [1.54, 1.807) is 20.8 Å². The molecule has 0 aliphatic heterocycles. The van der Waals surface area contributed by atoms with Crippen LogP contribution in [0, 0.1) is 0 Å². The highest BCUT2D eigenvalue weighted by Gasteiger charge is 2.46. The van der Waals surface area contributed by atoms with Gasteiger partial charge in [-0.3, -0.25) is 9.88 Å². The van der Waals surface area contributed by atoms with Gasteiger partial charge in [-0.15, -0.1) is 9.35 Å². The van der Waals surface area contributed by atoms with Crippen LogP contribution in [0.15, 0.2) is 0 Å². The Morgan fingerprint density at radius 2 is 1.60 bits per heavy atom. The molecule has 0 rings (SSSR count). The van der Waals surface area contributed by atoms with Gasteiger partial charge in [-0.1, -0.05) is 0 Å². The van der Waals surface area contributed by atoms with E-state index in [2.05, 4.69) is 19.1 Å². The van der Waals surface area contributed by atoms with Gasteiger partial charge in [0, 0.05) is 0 Å². The predicted octanol–water partition coefficient (Wildman–Crippen LogP) is 1.27. The summed E-state index contributed by atoms with van der Waals surface area (Å²) in [6.07, 6.45) is -1.12. The Hall–Kier alpha value is -1.19. The Morgan fingerprint density at radius 1 is 1.15 bits per heavy atom. The highest BCUT2D eigenvalue weighted by Crippen LogP contribution is 2.52. The summed E-state index contributed by atoms with van der Waals surface area (Å²) in [5.41, 5.74) is -0.874. The molecule has 0 aromatic heterocycles. The number of ether oxygens (including phenoxy) is 1. The molecular formula is C9H18NO9P. The van der Waals surface area contributed by atoms with Crippen molar-refractivity contribution < 1.29 is 43.1 Å². The summed E-state index contributed by atoms with van der Waals surface area (Å²) in [5.74, 6) is -3.76. The predicted molar refractivity (Wildman–Crippen MR) is 64.6 cm³/mol. The number of carboxylic acids is 1. The van der Waals surface area contributed by atoms with Gasteiger partial charge in [0.05, 0.1) is 14.2 Å². The zero-order valence-corrected chi connectivity index (χ0v) is 12.6. The molecule has 1 amide bonds. The number of carbonyl (C=O) groups excluding carboxylic acids is 1. The molecule has 0 radical (unpaired) electrons. The molecule has 0 saturated heterocycles. The van der Waals surface area contributed by atoms with Crippen molar-refractivity contribution in [2.24, 2.45) is 0 Å². The Balaban J connectivity index is 5.08.